The zero-order valence-electron chi connectivity index (χ0n) is 6.53. The van der Waals surface area contributed by atoms with Crippen LogP contribution in [0.3, 0.4) is 0 Å². The third-order valence-electron chi connectivity index (χ3n) is 1.88. The van der Waals surface area contributed by atoms with Gasteiger partial charge in [-0.25, -0.2) is 0 Å². The van der Waals surface area contributed by atoms with E-state index in [2.05, 4.69) is 0 Å². The lowest BCUT2D eigenvalue weighted by atomic mass is 10.1. The van der Waals surface area contributed by atoms with Crippen LogP contribution in [0.5, 0.6) is 5.75 Å². The Hall–Kier alpha value is -1.44. The Morgan fingerprint density at radius 2 is 1.67 bits per heavy atom. The maximum Gasteiger partial charge on any atom is 0.374 e. The van der Waals surface area contributed by atoms with Gasteiger partial charge in [-0.15, -0.1) is 0 Å². The molecule has 0 bridgehead atoms. The summed E-state index contributed by atoms with van der Waals surface area (Å²) in [5, 5.41) is 2.18. The third-order valence-corrected chi connectivity index (χ3v) is 1.88. The highest BCUT2D eigenvalue weighted by atomic mass is 16.4. The van der Waals surface area contributed by atoms with Crippen molar-refractivity contribution in [1.82, 2.24) is 0 Å². The van der Waals surface area contributed by atoms with Gasteiger partial charge in [0.1, 0.15) is 5.75 Å². The lowest BCUT2D eigenvalue weighted by Crippen LogP contribution is -1.85. The summed E-state index contributed by atoms with van der Waals surface area (Å²) in [6, 6.07) is 13.8. The van der Waals surface area contributed by atoms with Crippen molar-refractivity contribution in [2.75, 3.05) is 0 Å². The average Bonchev–Trinajstić information content (AvgIpc) is 2.17. The summed E-state index contributed by atoms with van der Waals surface area (Å²) in [4.78, 5) is 0. The van der Waals surface area contributed by atoms with Crippen molar-refractivity contribution in [2.24, 2.45) is 0 Å². The molecule has 0 heterocycles. The van der Waals surface area contributed by atoms with Gasteiger partial charge < -0.3 is 4.65 Å². The van der Waals surface area contributed by atoms with E-state index >= 15 is 0 Å². The van der Waals surface area contributed by atoms with Gasteiger partial charge in [0.15, 0.2) is 0 Å². The molecule has 12 heavy (non-hydrogen) atoms. The zero-order valence-corrected chi connectivity index (χ0v) is 6.53. The van der Waals surface area contributed by atoms with E-state index in [0.29, 0.717) is 5.75 Å². The van der Waals surface area contributed by atoms with Crippen LogP contribution in [0.25, 0.3) is 10.8 Å². The SMILES string of the molecule is [B]Oc1cccc2ccccc12. The van der Waals surface area contributed by atoms with Gasteiger partial charge in [0.2, 0.25) is 0 Å². The molecule has 56 valence electrons. The van der Waals surface area contributed by atoms with Gasteiger partial charge in [0.25, 0.3) is 0 Å². The van der Waals surface area contributed by atoms with E-state index in [1.165, 1.54) is 0 Å². The lowest BCUT2D eigenvalue weighted by molar-refractivity contribution is 0.624. The normalized spacial score (nSPS) is 10.0. The topological polar surface area (TPSA) is 9.23 Å². The maximum atomic E-state index is 5.12. The van der Waals surface area contributed by atoms with Crippen LogP contribution in [0.4, 0.5) is 0 Å². The van der Waals surface area contributed by atoms with E-state index in [1.807, 2.05) is 42.5 Å². The van der Waals surface area contributed by atoms with Crippen molar-refractivity contribution in [3.63, 3.8) is 0 Å². The van der Waals surface area contributed by atoms with Crippen molar-refractivity contribution in [3.8, 4) is 5.75 Å². The fourth-order valence-corrected chi connectivity index (χ4v) is 1.30. The second-order valence-corrected chi connectivity index (χ2v) is 2.60. The minimum Gasteiger partial charge on any atom is -0.567 e. The number of hydrogen-bond donors (Lipinski definition) is 0. The third kappa shape index (κ3) is 1.05. The molecule has 2 rings (SSSR count). The molecular weight excluding hydrogens is 147 g/mol. The van der Waals surface area contributed by atoms with Crippen molar-refractivity contribution >= 4 is 18.8 Å². The molecule has 0 N–H and O–H groups in total. The number of fused-ring (bicyclic) bond motifs is 1. The molecule has 2 aromatic carbocycles. The van der Waals surface area contributed by atoms with E-state index in [-0.39, 0.29) is 0 Å². The summed E-state index contributed by atoms with van der Waals surface area (Å²) in [7, 11) is 5.12. The summed E-state index contributed by atoms with van der Waals surface area (Å²) < 4.78 is 4.73. The molecule has 0 atom stereocenters. The van der Waals surface area contributed by atoms with Crippen molar-refractivity contribution < 1.29 is 4.65 Å². The highest BCUT2D eigenvalue weighted by Crippen LogP contribution is 2.23. The van der Waals surface area contributed by atoms with Crippen LogP contribution < -0.4 is 4.65 Å². The first kappa shape index (κ1) is 7.23. The van der Waals surface area contributed by atoms with Crippen molar-refractivity contribution in [3.05, 3.63) is 42.5 Å². The van der Waals surface area contributed by atoms with Gasteiger partial charge in [0, 0.05) is 5.39 Å². The molecule has 1 nitrogen and oxygen atoms in total. The van der Waals surface area contributed by atoms with Crippen LogP contribution >= 0.6 is 0 Å². The van der Waals surface area contributed by atoms with Gasteiger partial charge in [-0.1, -0.05) is 36.4 Å². The molecule has 0 saturated heterocycles. The van der Waals surface area contributed by atoms with E-state index in [1.54, 1.807) is 0 Å². The average molecular weight is 154 g/mol. The van der Waals surface area contributed by atoms with Gasteiger partial charge in [0.05, 0.1) is 0 Å². The van der Waals surface area contributed by atoms with E-state index in [9.17, 15) is 0 Å². The molecule has 0 aromatic heterocycles. The van der Waals surface area contributed by atoms with Crippen LogP contribution in [-0.4, -0.2) is 8.05 Å². The highest BCUT2D eigenvalue weighted by Gasteiger charge is 1.96. The molecule has 0 fully saturated rings. The molecule has 2 heteroatoms. The van der Waals surface area contributed by atoms with Gasteiger partial charge in [-0.2, -0.15) is 0 Å². The van der Waals surface area contributed by atoms with E-state index < -0.39 is 0 Å². The fraction of sp³-hybridized carbons (Fsp3) is 0. The molecule has 2 radical (unpaired) electrons. The number of hydrogen-bond acceptors (Lipinski definition) is 1. The predicted octanol–water partition coefficient (Wildman–Crippen LogP) is 2.30. The van der Waals surface area contributed by atoms with Crippen LogP contribution in [-0.2, 0) is 0 Å². The first-order valence-electron chi connectivity index (χ1n) is 3.76. The summed E-state index contributed by atoms with van der Waals surface area (Å²) >= 11 is 0. The molecule has 0 aliphatic carbocycles. The Balaban J connectivity index is 2.79. The molecule has 0 unspecified atom stereocenters. The lowest BCUT2D eigenvalue weighted by Gasteiger charge is -2.04. The van der Waals surface area contributed by atoms with Gasteiger partial charge in [-0.05, 0) is 11.5 Å². The van der Waals surface area contributed by atoms with Gasteiger partial charge in [-0.3, -0.25) is 0 Å². The predicted molar refractivity (Wildman–Crippen MR) is 50.3 cm³/mol. The minimum absolute atomic E-state index is 0.716. The quantitative estimate of drug-likeness (QED) is 0.572. The fourth-order valence-electron chi connectivity index (χ4n) is 1.30. The van der Waals surface area contributed by atoms with Crippen LogP contribution in [0.15, 0.2) is 42.5 Å². The van der Waals surface area contributed by atoms with E-state index in [4.69, 9.17) is 12.7 Å². The number of benzene rings is 2. The Bertz CT molecular complexity index is 392. The minimum atomic E-state index is 0.716. The number of rotatable bonds is 1. The highest BCUT2D eigenvalue weighted by molar-refractivity contribution is 6.02. The van der Waals surface area contributed by atoms with Crippen LogP contribution in [0.1, 0.15) is 0 Å². The second kappa shape index (κ2) is 2.90. The molecule has 2 aromatic rings. The largest absolute Gasteiger partial charge is 0.567 e. The molecule has 0 amide bonds. The standard InChI is InChI=1S/C10H7BO/c11-12-10-7-3-5-8-4-1-2-6-9(8)10/h1-7H. The monoisotopic (exact) mass is 154 g/mol. The Morgan fingerprint density at radius 3 is 2.50 bits per heavy atom. The second-order valence-electron chi connectivity index (χ2n) is 2.60. The van der Waals surface area contributed by atoms with Crippen molar-refractivity contribution in [1.29, 1.82) is 0 Å². The summed E-state index contributed by atoms with van der Waals surface area (Å²) in [5.41, 5.74) is 0. The molecular formula is C10H7BO. The van der Waals surface area contributed by atoms with Crippen molar-refractivity contribution in [2.45, 2.75) is 0 Å². The molecule has 0 saturated carbocycles. The summed E-state index contributed by atoms with van der Waals surface area (Å²) in [5.74, 6) is 0.716. The van der Waals surface area contributed by atoms with Crippen LogP contribution in [0, 0.1) is 0 Å². The van der Waals surface area contributed by atoms with Crippen LogP contribution in [0.2, 0.25) is 0 Å². The first-order chi connectivity index (χ1) is 5.92. The molecule has 0 spiro atoms. The summed E-state index contributed by atoms with van der Waals surface area (Å²) in [6.45, 7) is 0. The van der Waals surface area contributed by atoms with E-state index in [0.717, 1.165) is 10.8 Å². The Labute approximate surface area is 72.4 Å². The first-order valence-corrected chi connectivity index (χ1v) is 3.76. The van der Waals surface area contributed by atoms with Gasteiger partial charge >= 0.3 is 8.05 Å². The molecule has 0 aliphatic rings. The Morgan fingerprint density at radius 1 is 0.917 bits per heavy atom. The molecule has 0 aliphatic heterocycles. The maximum absolute atomic E-state index is 5.12. The smallest absolute Gasteiger partial charge is 0.374 e. The zero-order chi connectivity index (χ0) is 8.39. The Kier molecular flexibility index (Phi) is 1.74. The summed E-state index contributed by atoms with van der Waals surface area (Å²) in [6.07, 6.45) is 0.